The Kier molecular flexibility index (Phi) is 5.42. The normalized spacial score (nSPS) is 26.8. The molecule has 0 amide bonds. The largest absolute Gasteiger partial charge is 0.381 e. The molecule has 1 atom stereocenters. The van der Waals surface area contributed by atoms with E-state index in [1.165, 1.54) is 43.6 Å². The van der Waals surface area contributed by atoms with E-state index in [0.29, 0.717) is 6.04 Å². The fourth-order valence-corrected chi connectivity index (χ4v) is 4.06. The summed E-state index contributed by atoms with van der Waals surface area (Å²) in [4.78, 5) is 0. The molecule has 0 bridgehead atoms. The number of nitrogens with two attached hydrogens (primary N) is 1. The van der Waals surface area contributed by atoms with Gasteiger partial charge in [0.05, 0.1) is 0 Å². The van der Waals surface area contributed by atoms with E-state index in [1.807, 2.05) is 0 Å². The molecule has 0 spiro atoms. The highest BCUT2D eigenvalue weighted by Gasteiger charge is 2.26. The minimum absolute atomic E-state index is 0.511. The molecular formula is C12H24N2OS. The molecule has 2 fully saturated rings. The molecule has 3 N–H and O–H groups in total. The Morgan fingerprint density at radius 1 is 1.19 bits per heavy atom. The van der Waals surface area contributed by atoms with Gasteiger partial charge in [0, 0.05) is 19.3 Å². The van der Waals surface area contributed by atoms with Gasteiger partial charge in [-0.05, 0) is 55.4 Å². The summed E-state index contributed by atoms with van der Waals surface area (Å²) in [7, 11) is 0. The lowest BCUT2D eigenvalue weighted by Gasteiger charge is -2.33. The SMILES string of the molecule is NNC(CC1CCSCC1)C1CCOCC1. The highest BCUT2D eigenvalue weighted by atomic mass is 32.2. The van der Waals surface area contributed by atoms with Gasteiger partial charge in [-0.15, -0.1) is 0 Å². The zero-order valence-electron chi connectivity index (χ0n) is 9.99. The van der Waals surface area contributed by atoms with Crippen molar-refractivity contribution in [1.29, 1.82) is 0 Å². The second kappa shape index (κ2) is 6.84. The Morgan fingerprint density at radius 2 is 1.88 bits per heavy atom. The number of ether oxygens (including phenoxy) is 1. The molecule has 2 heterocycles. The molecule has 2 aliphatic rings. The van der Waals surface area contributed by atoms with Crippen LogP contribution < -0.4 is 11.3 Å². The quantitative estimate of drug-likeness (QED) is 0.584. The average molecular weight is 244 g/mol. The number of rotatable bonds is 4. The van der Waals surface area contributed by atoms with Gasteiger partial charge in [0.15, 0.2) is 0 Å². The van der Waals surface area contributed by atoms with E-state index in [-0.39, 0.29) is 0 Å². The zero-order valence-corrected chi connectivity index (χ0v) is 10.8. The molecule has 0 aromatic rings. The van der Waals surface area contributed by atoms with Crippen molar-refractivity contribution in [2.45, 2.75) is 38.1 Å². The van der Waals surface area contributed by atoms with Crippen LogP contribution in [0.5, 0.6) is 0 Å². The molecule has 2 rings (SSSR count). The highest BCUT2D eigenvalue weighted by molar-refractivity contribution is 7.99. The Labute approximate surface area is 103 Å². The van der Waals surface area contributed by atoms with Gasteiger partial charge in [-0.2, -0.15) is 11.8 Å². The maximum Gasteiger partial charge on any atom is 0.0469 e. The van der Waals surface area contributed by atoms with Crippen LogP contribution in [0.15, 0.2) is 0 Å². The maximum absolute atomic E-state index is 5.72. The maximum atomic E-state index is 5.72. The predicted molar refractivity (Wildman–Crippen MR) is 69.3 cm³/mol. The number of nitrogens with one attached hydrogen (secondary N) is 1. The number of hydrogen-bond donors (Lipinski definition) is 2. The molecule has 16 heavy (non-hydrogen) atoms. The van der Waals surface area contributed by atoms with Crippen LogP contribution in [0.4, 0.5) is 0 Å². The minimum atomic E-state index is 0.511. The summed E-state index contributed by atoms with van der Waals surface area (Å²) in [5.74, 6) is 10.0. The fraction of sp³-hybridized carbons (Fsp3) is 1.00. The van der Waals surface area contributed by atoms with Crippen molar-refractivity contribution >= 4 is 11.8 Å². The van der Waals surface area contributed by atoms with Crippen molar-refractivity contribution in [3.05, 3.63) is 0 Å². The molecule has 1 unspecified atom stereocenters. The molecule has 0 radical (unpaired) electrons. The fourth-order valence-electron chi connectivity index (χ4n) is 2.86. The first-order valence-corrected chi connectivity index (χ1v) is 7.67. The molecule has 0 aliphatic carbocycles. The summed E-state index contributed by atoms with van der Waals surface area (Å²) in [5.41, 5.74) is 3.06. The van der Waals surface area contributed by atoms with E-state index in [4.69, 9.17) is 10.6 Å². The first-order chi connectivity index (χ1) is 7.90. The van der Waals surface area contributed by atoms with Crippen molar-refractivity contribution in [3.63, 3.8) is 0 Å². The molecule has 0 aromatic carbocycles. The van der Waals surface area contributed by atoms with E-state index >= 15 is 0 Å². The Hall–Kier alpha value is 0.230. The summed E-state index contributed by atoms with van der Waals surface area (Å²) in [5, 5.41) is 0. The highest BCUT2D eigenvalue weighted by Crippen LogP contribution is 2.30. The van der Waals surface area contributed by atoms with Crippen LogP contribution >= 0.6 is 11.8 Å². The van der Waals surface area contributed by atoms with Crippen molar-refractivity contribution in [2.24, 2.45) is 17.7 Å². The van der Waals surface area contributed by atoms with Crippen molar-refractivity contribution in [3.8, 4) is 0 Å². The Morgan fingerprint density at radius 3 is 2.50 bits per heavy atom. The minimum Gasteiger partial charge on any atom is -0.381 e. The zero-order chi connectivity index (χ0) is 11.2. The smallest absolute Gasteiger partial charge is 0.0469 e. The third kappa shape index (κ3) is 3.62. The van der Waals surface area contributed by atoms with Gasteiger partial charge in [-0.1, -0.05) is 0 Å². The van der Waals surface area contributed by atoms with Crippen molar-refractivity contribution in [1.82, 2.24) is 5.43 Å². The van der Waals surface area contributed by atoms with Crippen LogP contribution in [0.2, 0.25) is 0 Å². The van der Waals surface area contributed by atoms with Gasteiger partial charge in [0.25, 0.3) is 0 Å². The van der Waals surface area contributed by atoms with Crippen LogP contribution in [-0.2, 0) is 4.74 Å². The molecule has 0 saturated carbocycles. The van der Waals surface area contributed by atoms with Crippen LogP contribution in [-0.4, -0.2) is 30.8 Å². The van der Waals surface area contributed by atoms with Gasteiger partial charge in [-0.3, -0.25) is 11.3 Å². The number of hydrazine groups is 1. The summed E-state index contributed by atoms with van der Waals surface area (Å²) in [6, 6.07) is 0.511. The molecular weight excluding hydrogens is 220 g/mol. The van der Waals surface area contributed by atoms with E-state index in [0.717, 1.165) is 25.0 Å². The van der Waals surface area contributed by atoms with Crippen LogP contribution in [0.1, 0.15) is 32.1 Å². The molecule has 0 aromatic heterocycles. The van der Waals surface area contributed by atoms with E-state index in [2.05, 4.69) is 17.2 Å². The molecule has 3 nitrogen and oxygen atoms in total. The van der Waals surface area contributed by atoms with E-state index in [1.54, 1.807) is 0 Å². The lowest BCUT2D eigenvalue weighted by molar-refractivity contribution is 0.0499. The van der Waals surface area contributed by atoms with E-state index in [9.17, 15) is 0 Å². The van der Waals surface area contributed by atoms with E-state index < -0.39 is 0 Å². The van der Waals surface area contributed by atoms with Gasteiger partial charge < -0.3 is 4.74 Å². The molecule has 2 aliphatic heterocycles. The summed E-state index contributed by atoms with van der Waals surface area (Å²) >= 11 is 2.10. The lowest BCUT2D eigenvalue weighted by atomic mass is 9.84. The molecule has 2 saturated heterocycles. The lowest BCUT2D eigenvalue weighted by Crippen LogP contribution is -2.44. The van der Waals surface area contributed by atoms with Crippen LogP contribution in [0, 0.1) is 11.8 Å². The predicted octanol–water partition coefficient (Wildman–Crippen LogP) is 1.78. The summed E-state index contributed by atoms with van der Waals surface area (Å²) in [6.45, 7) is 1.84. The van der Waals surface area contributed by atoms with Gasteiger partial charge in [0.2, 0.25) is 0 Å². The third-order valence-electron chi connectivity index (χ3n) is 3.98. The molecule has 94 valence electrons. The van der Waals surface area contributed by atoms with Gasteiger partial charge >= 0.3 is 0 Å². The van der Waals surface area contributed by atoms with Gasteiger partial charge in [-0.25, -0.2) is 0 Å². The number of thioether (sulfide) groups is 1. The Bertz CT molecular complexity index is 191. The summed E-state index contributed by atoms with van der Waals surface area (Å²) < 4.78 is 5.41. The molecule has 4 heteroatoms. The third-order valence-corrected chi connectivity index (χ3v) is 5.03. The van der Waals surface area contributed by atoms with Gasteiger partial charge in [0.1, 0.15) is 0 Å². The topological polar surface area (TPSA) is 47.3 Å². The monoisotopic (exact) mass is 244 g/mol. The Balaban J connectivity index is 1.78. The standard InChI is InChI=1S/C12H24N2OS/c13-14-12(11-1-5-15-6-2-11)9-10-3-7-16-8-4-10/h10-12,14H,1-9,13H2. The van der Waals surface area contributed by atoms with Crippen molar-refractivity contribution in [2.75, 3.05) is 24.7 Å². The first kappa shape index (κ1) is 12.7. The first-order valence-electron chi connectivity index (χ1n) is 6.51. The second-order valence-corrected chi connectivity index (χ2v) is 6.24. The average Bonchev–Trinajstić information content (AvgIpc) is 2.38. The second-order valence-electron chi connectivity index (χ2n) is 5.01. The van der Waals surface area contributed by atoms with Crippen LogP contribution in [0.25, 0.3) is 0 Å². The summed E-state index contributed by atoms with van der Waals surface area (Å²) in [6.07, 6.45) is 6.38. The van der Waals surface area contributed by atoms with Crippen molar-refractivity contribution < 1.29 is 4.74 Å². The number of hydrogen-bond acceptors (Lipinski definition) is 4. The van der Waals surface area contributed by atoms with Crippen LogP contribution in [0.3, 0.4) is 0 Å².